The van der Waals surface area contributed by atoms with Crippen molar-refractivity contribution in [1.82, 2.24) is 20.1 Å². The van der Waals surface area contributed by atoms with Gasteiger partial charge < -0.3 is 19.8 Å². The third kappa shape index (κ3) is 6.64. The Morgan fingerprint density at radius 1 is 0.978 bits per heavy atom. The number of H-pyrrole nitrogens is 1. The number of nitrogens with zero attached hydrogens (tertiary/aromatic N) is 2. The zero-order valence-electron chi connectivity index (χ0n) is 26.9. The van der Waals surface area contributed by atoms with Gasteiger partial charge in [-0.3, -0.25) is 9.48 Å². The molecule has 0 atom stereocenters. The molecule has 240 valence electrons. The number of hydrogen-bond donors (Lipinski definition) is 2. The van der Waals surface area contributed by atoms with E-state index in [1.165, 1.54) is 7.11 Å². The smallest absolute Gasteiger partial charge is 0.338 e. The Bertz CT molecular complexity index is 1920. The Labute approximate surface area is 279 Å². The molecule has 0 saturated heterocycles. The van der Waals surface area contributed by atoms with Crippen LogP contribution in [0.3, 0.4) is 0 Å². The van der Waals surface area contributed by atoms with Gasteiger partial charge in [-0.15, -0.1) is 0 Å². The highest BCUT2D eigenvalue weighted by molar-refractivity contribution is 6.35. The third-order valence-corrected chi connectivity index (χ3v) is 9.28. The van der Waals surface area contributed by atoms with E-state index in [1.54, 1.807) is 12.1 Å². The first-order chi connectivity index (χ1) is 22.0. The number of benzene rings is 3. The number of aromatic nitrogens is 3. The number of carbonyl (C=O) groups excluding carboxylic acids is 2. The lowest BCUT2D eigenvalue weighted by Crippen LogP contribution is -2.27. The second-order valence-corrected chi connectivity index (χ2v) is 12.3. The van der Waals surface area contributed by atoms with Crippen LogP contribution in [0.5, 0.6) is 5.75 Å². The van der Waals surface area contributed by atoms with Gasteiger partial charge in [-0.1, -0.05) is 47.5 Å². The number of aryl methyl sites for hydroxylation is 5. The number of carbonyl (C=O) groups is 2. The van der Waals surface area contributed by atoms with Crippen molar-refractivity contribution in [2.24, 2.45) is 7.05 Å². The van der Waals surface area contributed by atoms with Gasteiger partial charge in [0.15, 0.2) is 0 Å². The summed E-state index contributed by atoms with van der Waals surface area (Å²) in [6, 6.07) is 15.0. The molecule has 0 aliphatic carbocycles. The van der Waals surface area contributed by atoms with Crippen molar-refractivity contribution < 1.29 is 19.1 Å². The molecule has 8 nitrogen and oxygen atoms in total. The number of hydrogen-bond acceptors (Lipinski definition) is 5. The van der Waals surface area contributed by atoms with Crippen molar-refractivity contribution in [2.75, 3.05) is 20.3 Å². The van der Waals surface area contributed by atoms with Crippen LogP contribution < -0.4 is 10.1 Å². The molecule has 5 aromatic rings. The molecule has 2 N–H and O–H groups in total. The Morgan fingerprint density at radius 2 is 1.70 bits per heavy atom. The minimum Gasteiger partial charge on any atom is -0.494 e. The van der Waals surface area contributed by atoms with Gasteiger partial charge in [0.1, 0.15) is 11.4 Å². The highest BCUT2D eigenvalue weighted by Crippen LogP contribution is 2.40. The first-order valence-corrected chi connectivity index (χ1v) is 15.9. The van der Waals surface area contributed by atoms with Crippen molar-refractivity contribution in [2.45, 2.75) is 47.0 Å². The maximum atomic E-state index is 13.8. The van der Waals surface area contributed by atoms with Crippen LogP contribution in [0.4, 0.5) is 0 Å². The maximum Gasteiger partial charge on any atom is 0.338 e. The molecule has 46 heavy (non-hydrogen) atoms. The molecule has 0 aliphatic heterocycles. The van der Waals surface area contributed by atoms with Gasteiger partial charge in [0.25, 0.3) is 5.91 Å². The van der Waals surface area contributed by atoms with E-state index >= 15 is 0 Å². The number of rotatable bonds is 11. The highest BCUT2D eigenvalue weighted by atomic mass is 35.5. The first kappa shape index (κ1) is 33.1. The third-order valence-electron chi connectivity index (χ3n) is 8.37. The average molecular weight is 662 g/mol. The summed E-state index contributed by atoms with van der Waals surface area (Å²) in [5.74, 6) is 0.116. The fourth-order valence-electron chi connectivity index (χ4n) is 6.00. The molecule has 0 aliphatic rings. The molecular weight excluding hydrogens is 623 g/mol. The van der Waals surface area contributed by atoms with E-state index in [4.69, 9.17) is 32.7 Å². The summed E-state index contributed by atoms with van der Waals surface area (Å²) in [5, 5.41) is 9.89. The molecule has 3 aromatic carbocycles. The minimum atomic E-state index is -0.406. The van der Waals surface area contributed by atoms with Crippen LogP contribution in [0.25, 0.3) is 22.0 Å². The Morgan fingerprint density at radius 3 is 2.37 bits per heavy atom. The molecule has 0 radical (unpaired) electrons. The van der Waals surface area contributed by atoms with E-state index in [9.17, 15) is 9.59 Å². The van der Waals surface area contributed by atoms with Gasteiger partial charge in [-0.05, 0) is 93.5 Å². The van der Waals surface area contributed by atoms with E-state index in [-0.39, 0.29) is 5.91 Å². The van der Waals surface area contributed by atoms with Crippen LogP contribution in [0, 0.1) is 27.7 Å². The number of aromatic amines is 1. The average Bonchev–Trinajstić information content (AvgIpc) is 3.52. The van der Waals surface area contributed by atoms with Crippen molar-refractivity contribution in [3.8, 4) is 16.9 Å². The molecule has 10 heteroatoms. The summed E-state index contributed by atoms with van der Waals surface area (Å²) >= 11 is 13.2. The number of halogens is 2. The van der Waals surface area contributed by atoms with E-state index in [2.05, 4.69) is 15.4 Å². The second-order valence-electron chi connectivity index (χ2n) is 11.5. The summed E-state index contributed by atoms with van der Waals surface area (Å²) in [6.07, 6.45) is 1.72. The minimum absolute atomic E-state index is 0.242. The summed E-state index contributed by atoms with van der Waals surface area (Å²) < 4.78 is 12.9. The summed E-state index contributed by atoms with van der Waals surface area (Å²) in [5.41, 5.74) is 8.93. The Kier molecular flexibility index (Phi) is 10.1. The molecule has 2 aromatic heterocycles. The lowest BCUT2D eigenvalue weighted by atomic mass is 9.98. The van der Waals surface area contributed by atoms with Crippen molar-refractivity contribution in [1.29, 1.82) is 0 Å². The lowest BCUT2D eigenvalue weighted by Gasteiger charge is -2.11. The van der Waals surface area contributed by atoms with Crippen molar-refractivity contribution in [3.05, 3.63) is 103 Å². The van der Waals surface area contributed by atoms with E-state index in [1.807, 2.05) is 75.8 Å². The standard InChI is InChI=1S/C36H38Cl2N4O4/c1-20-18-25(19-21(2)32(20)38)46-17-9-12-27-28-13-14-29(37)31(30-22(3)41-42(5)23(30)4)33(28)40-34(27)35(43)39-16-15-24-10-7-8-11-26(24)36(44)45-6/h7-8,10-11,13-14,18-19,40H,9,12,15-17H2,1-6H3,(H,39,43). The summed E-state index contributed by atoms with van der Waals surface area (Å²) in [6.45, 7) is 8.67. The predicted octanol–water partition coefficient (Wildman–Crippen LogP) is 7.88. The number of esters is 1. The number of amides is 1. The van der Waals surface area contributed by atoms with Gasteiger partial charge in [-0.25, -0.2) is 4.79 Å². The lowest BCUT2D eigenvalue weighted by molar-refractivity contribution is 0.0599. The van der Waals surface area contributed by atoms with Crippen LogP contribution in [-0.2, 0) is 24.6 Å². The van der Waals surface area contributed by atoms with Gasteiger partial charge >= 0.3 is 5.97 Å². The Balaban J connectivity index is 1.45. The van der Waals surface area contributed by atoms with Crippen LogP contribution >= 0.6 is 23.2 Å². The van der Waals surface area contributed by atoms with Gasteiger partial charge in [0.05, 0.1) is 35.5 Å². The van der Waals surface area contributed by atoms with Gasteiger partial charge in [-0.2, -0.15) is 5.10 Å². The van der Waals surface area contributed by atoms with Crippen LogP contribution in [-0.4, -0.2) is 46.9 Å². The van der Waals surface area contributed by atoms with Crippen LogP contribution in [0.15, 0.2) is 48.5 Å². The Hall–Kier alpha value is -4.27. The zero-order chi connectivity index (χ0) is 33.1. The monoisotopic (exact) mass is 660 g/mol. The molecule has 0 bridgehead atoms. The molecule has 1 amide bonds. The summed E-state index contributed by atoms with van der Waals surface area (Å²) in [7, 11) is 3.26. The highest BCUT2D eigenvalue weighted by Gasteiger charge is 2.24. The van der Waals surface area contributed by atoms with E-state index in [0.29, 0.717) is 48.7 Å². The number of fused-ring (bicyclic) bond motifs is 1. The topological polar surface area (TPSA) is 98.2 Å². The predicted molar refractivity (Wildman–Crippen MR) is 184 cm³/mol. The quantitative estimate of drug-likeness (QED) is 0.111. The molecule has 0 unspecified atom stereocenters. The zero-order valence-corrected chi connectivity index (χ0v) is 28.4. The second kappa shape index (κ2) is 14.0. The maximum absolute atomic E-state index is 13.8. The largest absolute Gasteiger partial charge is 0.494 e. The molecular formula is C36H38Cl2N4O4. The molecule has 0 spiro atoms. The normalized spacial score (nSPS) is 11.2. The van der Waals surface area contributed by atoms with Gasteiger partial charge in [0.2, 0.25) is 0 Å². The number of ether oxygens (including phenoxy) is 2. The number of nitrogens with one attached hydrogen (secondary N) is 2. The van der Waals surface area contributed by atoms with Crippen molar-refractivity contribution in [3.63, 3.8) is 0 Å². The fourth-order valence-corrected chi connectivity index (χ4v) is 6.36. The summed E-state index contributed by atoms with van der Waals surface area (Å²) in [4.78, 5) is 29.5. The van der Waals surface area contributed by atoms with Crippen molar-refractivity contribution >= 4 is 46.0 Å². The van der Waals surface area contributed by atoms with E-state index < -0.39 is 5.97 Å². The molecule has 2 heterocycles. The van der Waals surface area contributed by atoms with Crippen LogP contribution in [0.1, 0.15) is 60.9 Å². The molecule has 0 saturated carbocycles. The first-order valence-electron chi connectivity index (χ1n) is 15.2. The molecule has 5 rings (SSSR count). The fraction of sp³-hybridized carbons (Fsp3) is 0.306. The van der Waals surface area contributed by atoms with E-state index in [0.717, 1.165) is 66.4 Å². The van der Waals surface area contributed by atoms with Gasteiger partial charge in [0, 0.05) is 40.8 Å². The number of methoxy groups -OCH3 is 1. The van der Waals surface area contributed by atoms with Crippen LogP contribution in [0.2, 0.25) is 10.0 Å². The SMILES string of the molecule is COC(=O)c1ccccc1CCNC(=O)c1[nH]c2c(-c3c(C)nn(C)c3C)c(Cl)ccc2c1CCCOc1cc(C)c(Cl)c(C)c1. The molecule has 0 fully saturated rings.